The van der Waals surface area contributed by atoms with Crippen LogP contribution >= 0.6 is 11.3 Å². The molecule has 1 atom stereocenters. The standard InChI is InChI=1S/C17H17FN2S/c1-11(17-9-13-4-2-3-5-16(13)21-17)20-15-7-6-12(10-19)8-14(15)18/h6-9,11,20H,2-5H2,1H3. The maximum absolute atomic E-state index is 13.9. The van der Waals surface area contributed by atoms with Gasteiger partial charge in [0.05, 0.1) is 23.4 Å². The van der Waals surface area contributed by atoms with Gasteiger partial charge in [0.1, 0.15) is 5.82 Å². The first-order chi connectivity index (χ1) is 10.2. The van der Waals surface area contributed by atoms with Gasteiger partial charge < -0.3 is 5.32 Å². The summed E-state index contributed by atoms with van der Waals surface area (Å²) in [6.07, 6.45) is 4.90. The molecule has 0 saturated carbocycles. The van der Waals surface area contributed by atoms with Gasteiger partial charge >= 0.3 is 0 Å². The number of hydrogen-bond donors (Lipinski definition) is 1. The number of anilines is 1. The van der Waals surface area contributed by atoms with Crippen molar-refractivity contribution in [2.45, 2.75) is 38.6 Å². The summed E-state index contributed by atoms with van der Waals surface area (Å²) in [7, 11) is 0. The Labute approximate surface area is 128 Å². The molecule has 0 bridgehead atoms. The van der Waals surface area contributed by atoms with E-state index >= 15 is 0 Å². The maximum atomic E-state index is 13.9. The van der Waals surface area contributed by atoms with Crippen LogP contribution in [0.1, 0.15) is 46.7 Å². The van der Waals surface area contributed by atoms with Gasteiger partial charge in [0.15, 0.2) is 0 Å². The Bertz CT molecular complexity index is 676. The highest BCUT2D eigenvalue weighted by molar-refractivity contribution is 7.12. The first kappa shape index (κ1) is 14.1. The quantitative estimate of drug-likeness (QED) is 0.883. The summed E-state index contributed by atoms with van der Waals surface area (Å²) in [5.41, 5.74) is 2.26. The van der Waals surface area contributed by atoms with Gasteiger partial charge in [-0.05, 0) is 62.4 Å². The van der Waals surface area contributed by atoms with E-state index in [0.717, 1.165) is 0 Å². The summed E-state index contributed by atoms with van der Waals surface area (Å²) in [4.78, 5) is 2.75. The van der Waals surface area contributed by atoms with Crippen molar-refractivity contribution in [2.24, 2.45) is 0 Å². The third-order valence-corrected chi connectivity index (χ3v) is 5.33. The summed E-state index contributed by atoms with van der Waals surface area (Å²) in [6, 6.07) is 8.83. The minimum absolute atomic E-state index is 0.0723. The molecule has 1 N–H and O–H groups in total. The molecule has 1 aromatic carbocycles. The molecule has 0 spiro atoms. The number of benzene rings is 1. The average Bonchev–Trinajstić information content (AvgIpc) is 2.93. The third-order valence-electron chi connectivity index (χ3n) is 3.91. The van der Waals surface area contributed by atoms with Gasteiger partial charge in [-0.1, -0.05) is 0 Å². The van der Waals surface area contributed by atoms with Crippen LogP contribution in [-0.2, 0) is 12.8 Å². The molecular formula is C17H17FN2S. The van der Waals surface area contributed by atoms with E-state index in [1.165, 1.54) is 47.1 Å². The van der Waals surface area contributed by atoms with Crippen molar-refractivity contribution in [3.8, 4) is 6.07 Å². The van der Waals surface area contributed by atoms with Gasteiger partial charge in [-0.2, -0.15) is 5.26 Å². The summed E-state index contributed by atoms with van der Waals surface area (Å²) in [5, 5.41) is 12.0. The van der Waals surface area contributed by atoms with E-state index in [4.69, 9.17) is 5.26 Å². The Morgan fingerprint density at radius 2 is 2.10 bits per heavy atom. The number of fused-ring (bicyclic) bond motifs is 1. The second-order valence-electron chi connectivity index (χ2n) is 5.48. The predicted molar refractivity (Wildman–Crippen MR) is 84.1 cm³/mol. The van der Waals surface area contributed by atoms with Crippen molar-refractivity contribution < 1.29 is 4.39 Å². The number of halogens is 1. The largest absolute Gasteiger partial charge is 0.375 e. The fourth-order valence-electron chi connectivity index (χ4n) is 2.73. The molecule has 108 valence electrons. The van der Waals surface area contributed by atoms with Crippen LogP contribution in [-0.4, -0.2) is 0 Å². The van der Waals surface area contributed by atoms with Crippen molar-refractivity contribution in [2.75, 3.05) is 5.32 Å². The molecule has 3 rings (SSSR count). The second kappa shape index (κ2) is 5.87. The zero-order valence-corrected chi connectivity index (χ0v) is 12.8. The molecule has 1 unspecified atom stereocenters. The number of thiophene rings is 1. The lowest BCUT2D eigenvalue weighted by atomic mass is 9.99. The minimum Gasteiger partial charge on any atom is -0.375 e. The van der Waals surface area contributed by atoms with Gasteiger partial charge in [0.2, 0.25) is 0 Å². The third kappa shape index (κ3) is 2.93. The van der Waals surface area contributed by atoms with Crippen LogP contribution in [0.3, 0.4) is 0 Å². The lowest BCUT2D eigenvalue weighted by Gasteiger charge is -2.14. The Hall–Kier alpha value is -1.86. The van der Waals surface area contributed by atoms with E-state index in [2.05, 4.69) is 18.3 Å². The van der Waals surface area contributed by atoms with Crippen LogP contribution in [0, 0.1) is 17.1 Å². The van der Waals surface area contributed by atoms with Crippen molar-refractivity contribution in [1.82, 2.24) is 0 Å². The zero-order chi connectivity index (χ0) is 14.8. The summed E-state index contributed by atoms with van der Waals surface area (Å²) >= 11 is 1.84. The van der Waals surface area contributed by atoms with E-state index in [9.17, 15) is 4.39 Å². The number of nitrogens with one attached hydrogen (secondary N) is 1. The number of rotatable bonds is 3. The highest BCUT2D eigenvalue weighted by Gasteiger charge is 2.17. The smallest absolute Gasteiger partial charge is 0.147 e. The second-order valence-corrected chi connectivity index (χ2v) is 6.65. The molecule has 1 heterocycles. The van der Waals surface area contributed by atoms with Crippen molar-refractivity contribution in [3.63, 3.8) is 0 Å². The topological polar surface area (TPSA) is 35.8 Å². The van der Waals surface area contributed by atoms with Crippen LogP contribution in [0.4, 0.5) is 10.1 Å². The maximum Gasteiger partial charge on any atom is 0.147 e. The number of nitrogens with zero attached hydrogens (tertiary/aromatic N) is 1. The Morgan fingerprint density at radius 3 is 2.81 bits per heavy atom. The number of nitriles is 1. The average molecular weight is 300 g/mol. The number of aryl methyl sites for hydroxylation is 2. The summed E-state index contributed by atoms with van der Waals surface area (Å²) in [6.45, 7) is 2.05. The lowest BCUT2D eigenvalue weighted by molar-refractivity contribution is 0.627. The van der Waals surface area contributed by atoms with E-state index < -0.39 is 0 Å². The fraction of sp³-hybridized carbons (Fsp3) is 0.353. The van der Waals surface area contributed by atoms with E-state index in [-0.39, 0.29) is 11.9 Å². The van der Waals surface area contributed by atoms with Gasteiger partial charge in [0, 0.05) is 9.75 Å². The zero-order valence-electron chi connectivity index (χ0n) is 11.9. The highest BCUT2D eigenvalue weighted by Crippen LogP contribution is 2.34. The molecule has 4 heteroatoms. The Balaban J connectivity index is 1.78. The van der Waals surface area contributed by atoms with Crippen LogP contribution in [0.2, 0.25) is 0 Å². The fourth-order valence-corrected chi connectivity index (χ4v) is 3.99. The SMILES string of the molecule is CC(Nc1ccc(C#N)cc1F)c1cc2c(s1)CCCC2. The Morgan fingerprint density at radius 1 is 1.29 bits per heavy atom. The molecular weight excluding hydrogens is 283 g/mol. The molecule has 0 aliphatic heterocycles. The van der Waals surface area contributed by atoms with E-state index in [1.807, 2.05) is 17.4 Å². The van der Waals surface area contributed by atoms with Gasteiger partial charge in [-0.3, -0.25) is 0 Å². The predicted octanol–water partition coefficient (Wildman–Crippen LogP) is 4.81. The van der Waals surface area contributed by atoms with Crippen LogP contribution in [0.5, 0.6) is 0 Å². The van der Waals surface area contributed by atoms with Crippen LogP contribution < -0.4 is 5.32 Å². The first-order valence-electron chi connectivity index (χ1n) is 7.25. The first-order valence-corrected chi connectivity index (χ1v) is 8.06. The van der Waals surface area contributed by atoms with Gasteiger partial charge in [-0.15, -0.1) is 11.3 Å². The molecule has 1 aliphatic carbocycles. The van der Waals surface area contributed by atoms with Crippen LogP contribution in [0.25, 0.3) is 0 Å². The Kier molecular flexibility index (Phi) is 3.94. The molecule has 0 saturated heterocycles. The molecule has 1 aromatic heterocycles. The number of hydrogen-bond acceptors (Lipinski definition) is 3. The van der Waals surface area contributed by atoms with Gasteiger partial charge in [-0.25, -0.2) is 4.39 Å². The minimum atomic E-state index is -0.373. The van der Waals surface area contributed by atoms with Crippen molar-refractivity contribution >= 4 is 17.0 Å². The lowest BCUT2D eigenvalue weighted by Crippen LogP contribution is -2.06. The highest BCUT2D eigenvalue weighted by atomic mass is 32.1. The molecule has 2 nitrogen and oxygen atoms in total. The van der Waals surface area contributed by atoms with Gasteiger partial charge in [0.25, 0.3) is 0 Å². The summed E-state index contributed by atoms with van der Waals surface area (Å²) in [5.74, 6) is -0.373. The molecule has 2 aromatic rings. The molecule has 0 radical (unpaired) electrons. The monoisotopic (exact) mass is 300 g/mol. The molecule has 0 fully saturated rings. The molecule has 0 amide bonds. The molecule has 21 heavy (non-hydrogen) atoms. The van der Waals surface area contributed by atoms with Crippen molar-refractivity contribution in [1.29, 1.82) is 5.26 Å². The van der Waals surface area contributed by atoms with Crippen molar-refractivity contribution in [3.05, 3.63) is 51.0 Å². The van der Waals surface area contributed by atoms with E-state index in [1.54, 1.807) is 12.1 Å². The van der Waals surface area contributed by atoms with E-state index in [0.29, 0.717) is 11.3 Å². The molecule has 1 aliphatic rings. The normalized spacial score (nSPS) is 15.1. The summed E-state index contributed by atoms with van der Waals surface area (Å²) < 4.78 is 13.9. The van der Waals surface area contributed by atoms with Crippen LogP contribution in [0.15, 0.2) is 24.3 Å².